The Morgan fingerprint density at radius 2 is 1.56 bits per heavy atom. The van der Waals surface area contributed by atoms with Crippen LogP contribution in [0.3, 0.4) is 0 Å². The molecule has 0 aromatic rings. The van der Waals surface area contributed by atoms with Crippen molar-refractivity contribution in [3.05, 3.63) is 11.6 Å². The van der Waals surface area contributed by atoms with Crippen LogP contribution in [0.5, 0.6) is 0 Å². The number of Topliss-reactive ketones (excluding diaryl/α,β-unsaturated/α-hetero) is 2. The highest BCUT2D eigenvalue weighted by Crippen LogP contribution is 2.74. The lowest BCUT2D eigenvalue weighted by molar-refractivity contribution is -0.212. The molecule has 8 atom stereocenters. The molecule has 0 aromatic carbocycles. The first-order valence-corrected chi connectivity index (χ1v) is 13.6. The standard InChI is InChI=1S/C30H44N2O2/c1-25(2)10-12-30(32)13-11-29(7)23(19(30)16-25)20(33)14-22-27(5)15-18(17-31)24(34)26(3,4)21(27)8-9-28(22,29)6/h15,19,21-23H,8-14,16,32H2,1-7H3/t19-,21-,22+,23-,27-,28+,29+,30-/m0/s1. The second-order valence-corrected chi connectivity index (χ2v) is 14.9. The average Bonchev–Trinajstić information content (AvgIpc) is 2.74. The van der Waals surface area contributed by atoms with E-state index in [1.165, 1.54) is 0 Å². The minimum absolute atomic E-state index is 0.0184. The van der Waals surface area contributed by atoms with Crippen LogP contribution in [0.1, 0.15) is 99.8 Å². The van der Waals surface area contributed by atoms with Crippen molar-refractivity contribution in [1.82, 2.24) is 0 Å². The molecular weight excluding hydrogens is 420 g/mol. The van der Waals surface area contributed by atoms with Crippen molar-refractivity contribution in [1.29, 1.82) is 5.26 Å². The van der Waals surface area contributed by atoms with E-state index in [0.717, 1.165) is 44.9 Å². The fraction of sp³-hybridized carbons (Fsp3) is 0.833. The largest absolute Gasteiger partial charge is 0.325 e. The summed E-state index contributed by atoms with van der Waals surface area (Å²) in [6.45, 7) is 15.8. The van der Waals surface area contributed by atoms with Gasteiger partial charge in [0.05, 0.1) is 5.57 Å². The normalized spacial score (nSPS) is 51.2. The number of carbonyl (C=O) groups is 2. The van der Waals surface area contributed by atoms with Gasteiger partial charge in [0.1, 0.15) is 11.9 Å². The number of carbonyl (C=O) groups excluding carboxylic acids is 2. The summed E-state index contributed by atoms with van der Waals surface area (Å²) in [5.41, 5.74) is 6.38. The number of ketones is 2. The maximum absolute atomic E-state index is 14.2. The number of nitriles is 1. The van der Waals surface area contributed by atoms with E-state index in [2.05, 4.69) is 40.7 Å². The molecule has 5 aliphatic rings. The molecule has 0 aliphatic heterocycles. The lowest BCUT2D eigenvalue weighted by atomic mass is 9.32. The number of fused-ring (bicyclic) bond motifs is 7. The van der Waals surface area contributed by atoms with Gasteiger partial charge in [0.15, 0.2) is 5.78 Å². The molecular formula is C30H44N2O2. The van der Waals surface area contributed by atoms with Crippen molar-refractivity contribution < 1.29 is 9.59 Å². The number of hydrogen-bond acceptors (Lipinski definition) is 4. The predicted molar refractivity (Wildman–Crippen MR) is 133 cm³/mol. The number of nitrogens with two attached hydrogens (primary N) is 1. The molecule has 0 radical (unpaired) electrons. The lowest BCUT2D eigenvalue weighted by Crippen LogP contribution is -2.71. The van der Waals surface area contributed by atoms with E-state index in [1.807, 2.05) is 19.9 Å². The highest BCUT2D eigenvalue weighted by Gasteiger charge is 2.71. The lowest BCUT2D eigenvalue weighted by Gasteiger charge is -2.71. The zero-order valence-corrected chi connectivity index (χ0v) is 22.4. The summed E-state index contributed by atoms with van der Waals surface area (Å²) >= 11 is 0. The molecule has 4 nitrogen and oxygen atoms in total. The first kappa shape index (κ1) is 24.2. The smallest absolute Gasteiger partial charge is 0.178 e. The Morgan fingerprint density at radius 3 is 2.21 bits per heavy atom. The van der Waals surface area contributed by atoms with Gasteiger partial charge in [-0.3, -0.25) is 9.59 Å². The van der Waals surface area contributed by atoms with Gasteiger partial charge in [0, 0.05) is 23.3 Å². The Bertz CT molecular complexity index is 1030. The van der Waals surface area contributed by atoms with Crippen molar-refractivity contribution in [2.45, 2.75) is 105 Å². The van der Waals surface area contributed by atoms with Crippen LogP contribution in [0, 0.1) is 62.1 Å². The van der Waals surface area contributed by atoms with E-state index in [0.29, 0.717) is 17.8 Å². The van der Waals surface area contributed by atoms with Gasteiger partial charge < -0.3 is 5.73 Å². The summed E-state index contributed by atoms with van der Waals surface area (Å²) in [5, 5.41) is 9.84. The topological polar surface area (TPSA) is 83.9 Å². The third-order valence-electron chi connectivity index (χ3n) is 12.5. The summed E-state index contributed by atoms with van der Waals surface area (Å²) in [6.07, 6.45) is 9.76. The van der Waals surface area contributed by atoms with E-state index in [1.54, 1.807) is 0 Å². The highest BCUT2D eigenvalue weighted by atomic mass is 16.1. The molecule has 0 spiro atoms. The Balaban J connectivity index is 1.63. The predicted octanol–water partition coefficient (Wildman–Crippen LogP) is 6.00. The number of nitrogens with zero attached hydrogens (tertiary/aromatic N) is 1. The molecule has 0 saturated heterocycles. The fourth-order valence-electron chi connectivity index (χ4n) is 10.3. The van der Waals surface area contributed by atoms with Crippen molar-refractivity contribution in [3.63, 3.8) is 0 Å². The molecule has 5 aliphatic carbocycles. The monoisotopic (exact) mass is 464 g/mol. The Labute approximate surface area is 206 Å². The van der Waals surface area contributed by atoms with E-state index in [4.69, 9.17) is 5.73 Å². The summed E-state index contributed by atoms with van der Waals surface area (Å²) in [4.78, 5) is 27.4. The van der Waals surface area contributed by atoms with Gasteiger partial charge in [-0.15, -0.1) is 0 Å². The fourth-order valence-corrected chi connectivity index (χ4v) is 10.3. The maximum atomic E-state index is 14.2. The van der Waals surface area contributed by atoms with Crippen LogP contribution in [0.2, 0.25) is 0 Å². The third kappa shape index (κ3) is 2.80. The molecule has 0 heterocycles. The van der Waals surface area contributed by atoms with Crippen molar-refractivity contribution in [2.75, 3.05) is 0 Å². The molecule has 4 fully saturated rings. The second kappa shape index (κ2) is 6.84. The quantitative estimate of drug-likeness (QED) is 0.477. The molecule has 0 aromatic heterocycles. The zero-order valence-electron chi connectivity index (χ0n) is 22.4. The summed E-state index contributed by atoms with van der Waals surface area (Å²) < 4.78 is 0. The minimum atomic E-state index is -0.580. The van der Waals surface area contributed by atoms with E-state index < -0.39 is 5.41 Å². The summed E-state index contributed by atoms with van der Waals surface area (Å²) in [7, 11) is 0. The molecule has 0 amide bonds. The first-order chi connectivity index (χ1) is 15.6. The van der Waals surface area contributed by atoms with Crippen LogP contribution in [0.25, 0.3) is 0 Å². The number of rotatable bonds is 0. The summed E-state index contributed by atoms with van der Waals surface area (Å²) in [5.74, 6) is 0.935. The van der Waals surface area contributed by atoms with Gasteiger partial charge in [0.25, 0.3) is 0 Å². The van der Waals surface area contributed by atoms with E-state index in [9.17, 15) is 14.9 Å². The number of hydrogen-bond donors (Lipinski definition) is 1. The van der Waals surface area contributed by atoms with Gasteiger partial charge in [-0.2, -0.15) is 5.26 Å². The van der Waals surface area contributed by atoms with Gasteiger partial charge in [0.2, 0.25) is 0 Å². The van der Waals surface area contributed by atoms with Gasteiger partial charge in [-0.05, 0) is 84.4 Å². The van der Waals surface area contributed by atoms with Crippen LogP contribution in [0.15, 0.2) is 11.6 Å². The van der Waals surface area contributed by atoms with Crippen LogP contribution in [-0.4, -0.2) is 17.1 Å². The molecule has 5 rings (SSSR count). The summed E-state index contributed by atoms with van der Waals surface area (Å²) in [6, 6.07) is 2.21. The van der Waals surface area contributed by atoms with E-state index in [-0.39, 0.29) is 56.7 Å². The Morgan fingerprint density at radius 1 is 0.912 bits per heavy atom. The van der Waals surface area contributed by atoms with Crippen LogP contribution < -0.4 is 5.73 Å². The number of allylic oxidation sites excluding steroid dienone is 2. The Kier molecular flexibility index (Phi) is 4.88. The zero-order chi connectivity index (χ0) is 25.1. The molecule has 0 unspecified atom stereocenters. The van der Waals surface area contributed by atoms with Crippen LogP contribution >= 0.6 is 0 Å². The van der Waals surface area contributed by atoms with Crippen molar-refractivity contribution in [2.24, 2.45) is 56.5 Å². The van der Waals surface area contributed by atoms with Gasteiger partial charge >= 0.3 is 0 Å². The molecule has 0 bridgehead atoms. The average molecular weight is 465 g/mol. The molecule has 4 saturated carbocycles. The molecule has 4 heteroatoms. The molecule has 34 heavy (non-hydrogen) atoms. The van der Waals surface area contributed by atoms with Crippen LogP contribution in [-0.2, 0) is 9.59 Å². The van der Waals surface area contributed by atoms with Gasteiger partial charge in [-0.1, -0.05) is 54.5 Å². The van der Waals surface area contributed by atoms with Crippen LogP contribution in [0.4, 0.5) is 0 Å². The van der Waals surface area contributed by atoms with Crippen molar-refractivity contribution >= 4 is 11.6 Å². The second-order valence-electron chi connectivity index (χ2n) is 14.9. The SMILES string of the molecule is CC1(C)CC[C@]2(N)CC[C@]3(C)[C@H](C(=O)C[C@@H]4[C@@]5(C)C=C(C#N)C(=O)C(C)(C)[C@@H]5CC[C@]43C)[C@@H]2C1. The van der Waals surface area contributed by atoms with E-state index >= 15 is 0 Å². The molecule has 2 N–H and O–H groups in total. The third-order valence-corrected chi connectivity index (χ3v) is 12.5. The van der Waals surface area contributed by atoms with Crippen molar-refractivity contribution in [3.8, 4) is 6.07 Å². The maximum Gasteiger partial charge on any atom is 0.178 e. The highest BCUT2D eigenvalue weighted by molar-refractivity contribution is 6.04. The Hall–Kier alpha value is -1.47. The van der Waals surface area contributed by atoms with Gasteiger partial charge in [-0.25, -0.2) is 0 Å². The molecule has 186 valence electrons. The minimum Gasteiger partial charge on any atom is -0.325 e. The first-order valence-electron chi connectivity index (χ1n) is 13.6.